The molecule has 0 spiro atoms. The minimum absolute atomic E-state index is 0.0995. The van der Waals surface area contributed by atoms with E-state index in [0.29, 0.717) is 36.5 Å². The number of hydrogen-bond donors (Lipinski definition) is 1. The number of amides is 2. The van der Waals surface area contributed by atoms with Crippen molar-refractivity contribution in [3.8, 4) is 0 Å². The van der Waals surface area contributed by atoms with Crippen LogP contribution in [0.4, 0.5) is 5.69 Å². The molecule has 0 heterocycles. The Morgan fingerprint density at radius 1 is 1.03 bits per heavy atom. The Balaban J connectivity index is 1.71. The van der Waals surface area contributed by atoms with Gasteiger partial charge in [0, 0.05) is 30.6 Å². The predicted octanol–water partition coefficient (Wildman–Crippen LogP) is 5.19. The number of carbonyl (C=O) groups excluding carboxylic acids is 2. The van der Waals surface area contributed by atoms with Crippen LogP contribution >= 0.6 is 11.6 Å². The van der Waals surface area contributed by atoms with Crippen LogP contribution in [-0.4, -0.2) is 56.6 Å². The lowest BCUT2D eigenvalue weighted by Gasteiger charge is -2.33. The summed E-state index contributed by atoms with van der Waals surface area (Å²) >= 11 is 6.08. The van der Waals surface area contributed by atoms with Gasteiger partial charge >= 0.3 is 0 Å². The summed E-state index contributed by atoms with van der Waals surface area (Å²) in [5.74, 6) is -0.247. The fourth-order valence-corrected chi connectivity index (χ4v) is 6.22. The summed E-state index contributed by atoms with van der Waals surface area (Å²) in [6, 6.07) is 16.2. The first-order valence-corrected chi connectivity index (χ1v) is 15.8. The molecular formula is C29H40ClN3O4S. The standard InChI is InChI=1S/C29H40ClN3O4S/c1-3-27(29(35)31-25-15-8-5-9-16-25)32(21-19-23-12-6-4-7-13-23)28(34)18-11-20-33(38(2,36)37)26-17-10-14-24(30)22-26/h4,6-7,10,12-14,17,22,25,27H,3,5,8-9,11,15-16,18-21H2,1-2H3,(H,31,35)/t27-/m1/s1. The Labute approximate surface area is 232 Å². The van der Waals surface area contributed by atoms with Crippen LogP contribution in [0.15, 0.2) is 54.6 Å². The van der Waals surface area contributed by atoms with Crippen LogP contribution in [-0.2, 0) is 26.0 Å². The quantitative estimate of drug-likeness (QED) is 0.365. The molecule has 7 nitrogen and oxygen atoms in total. The molecule has 0 radical (unpaired) electrons. The SMILES string of the molecule is CC[C@H](C(=O)NC1CCCCC1)N(CCc1ccccc1)C(=O)CCCN(c1cccc(Cl)c1)S(C)(=O)=O. The summed E-state index contributed by atoms with van der Waals surface area (Å²) in [7, 11) is -3.56. The van der Waals surface area contributed by atoms with Crippen molar-refractivity contribution in [2.75, 3.05) is 23.7 Å². The van der Waals surface area contributed by atoms with Crippen molar-refractivity contribution in [3.05, 3.63) is 65.2 Å². The van der Waals surface area contributed by atoms with E-state index in [1.165, 1.54) is 10.7 Å². The predicted molar refractivity (Wildman–Crippen MR) is 154 cm³/mol. The minimum atomic E-state index is -3.56. The zero-order chi connectivity index (χ0) is 27.5. The van der Waals surface area contributed by atoms with Crippen LogP contribution in [0.1, 0.15) is 63.9 Å². The molecule has 0 unspecified atom stereocenters. The normalized spacial score (nSPS) is 15.0. The van der Waals surface area contributed by atoms with E-state index in [2.05, 4.69) is 5.32 Å². The molecule has 0 aromatic heterocycles. The van der Waals surface area contributed by atoms with E-state index < -0.39 is 16.1 Å². The van der Waals surface area contributed by atoms with Gasteiger partial charge in [-0.1, -0.05) is 74.2 Å². The molecule has 1 aliphatic rings. The van der Waals surface area contributed by atoms with Crippen LogP contribution in [0.5, 0.6) is 0 Å². The lowest BCUT2D eigenvalue weighted by molar-refractivity contribution is -0.141. The van der Waals surface area contributed by atoms with Gasteiger partial charge in [0.15, 0.2) is 0 Å². The van der Waals surface area contributed by atoms with E-state index in [9.17, 15) is 18.0 Å². The van der Waals surface area contributed by atoms with Gasteiger partial charge in [0.05, 0.1) is 11.9 Å². The van der Waals surface area contributed by atoms with Crippen molar-refractivity contribution in [3.63, 3.8) is 0 Å². The van der Waals surface area contributed by atoms with Gasteiger partial charge in [-0.25, -0.2) is 8.42 Å². The molecule has 2 aromatic carbocycles. The molecule has 1 fully saturated rings. The molecule has 1 aliphatic carbocycles. The zero-order valence-corrected chi connectivity index (χ0v) is 24.0. The summed E-state index contributed by atoms with van der Waals surface area (Å²) in [4.78, 5) is 28.6. The third kappa shape index (κ3) is 9.02. The lowest BCUT2D eigenvalue weighted by atomic mass is 9.95. The number of halogens is 1. The first-order chi connectivity index (χ1) is 18.2. The van der Waals surface area contributed by atoms with Gasteiger partial charge in [0.1, 0.15) is 6.04 Å². The van der Waals surface area contributed by atoms with Crippen molar-refractivity contribution < 1.29 is 18.0 Å². The second-order valence-electron chi connectivity index (χ2n) is 10.0. The van der Waals surface area contributed by atoms with E-state index in [0.717, 1.165) is 37.5 Å². The van der Waals surface area contributed by atoms with E-state index >= 15 is 0 Å². The van der Waals surface area contributed by atoms with Crippen molar-refractivity contribution in [1.29, 1.82) is 0 Å². The Bertz CT molecular complexity index is 1150. The highest BCUT2D eigenvalue weighted by molar-refractivity contribution is 7.92. The fraction of sp³-hybridized carbons (Fsp3) is 0.517. The Morgan fingerprint density at radius 3 is 2.37 bits per heavy atom. The highest BCUT2D eigenvalue weighted by Gasteiger charge is 2.30. The summed E-state index contributed by atoms with van der Waals surface area (Å²) in [5, 5.41) is 3.63. The molecule has 0 aliphatic heterocycles. The largest absolute Gasteiger partial charge is 0.352 e. The zero-order valence-electron chi connectivity index (χ0n) is 22.4. The Hall–Kier alpha value is -2.58. The number of carbonyl (C=O) groups is 2. The molecule has 9 heteroatoms. The van der Waals surface area contributed by atoms with Crippen LogP contribution < -0.4 is 9.62 Å². The van der Waals surface area contributed by atoms with Gasteiger partial charge in [-0.2, -0.15) is 0 Å². The first kappa shape index (κ1) is 30.0. The Kier molecular flexibility index (Phi) is 11.5. The molecule has 1 atom stereocenters. The van der Waals surface area contributed by atoms with Gasteiger partial charge in [0.2, 0.25) is 21.8 Å². The van der Waals surface area contributed by atoms with Crippen LogP contribution in [0.2, 0.25) is 5.02 Å². The highest BCUT2D eigenvalue weighted by atomic mass is 35.5. The average Bonchev–Trinajstić information content (AvgIpc) is 2.89. The van der Waals surface area contributed by atoms with Crippen molar-refractivity contribution in [2.24, 2.45) is 0 Å². The fourth-order valence-electron chi connectivity index (χ4n) is 5.08. The topological polar surface area (TPSA) is 86.8 Å². The Morgan fingerprint density at radius 2 is 1.74 bits per heavy atom. The van der Waals surface area contributed by atoms with E-state index in [-0.39, 0.29) is 30.8 Å². The molecule has 38 heavy (non-hydrogen) atoms. The second-order valence-corrected chi connectivity index (χ2v) is 12.4. The maximum atomic E-state index is 13.5. The number of nitrogens with zero attached hydrogens (tertiary/aromatic N) is 2. The van der Waals surface area contributed by atoms with Gasteiger partial charge in [0.25, 0.3) is 0 Å². The van der Waals surface area contributed by atoms with Crippen LogP contribution in [0, 0.1) is 0 Å². The van der Waals surface area contributed by atoms with Crippen LogP contribution in [0.25, 0.3) is 0 Å². The van der Waals surface area contributed by atoms with E-state index in [1.807, 2.05) is 37.3 Å². The number of rotatable bonds is 13. The third-order valence-corrected chi connectivity index (χ3v) is 8.50. The molecule has 1 N–H and O–H groups in total. The molecule has 2 aromatic rings. The number of nitrogens with one attached hydrogen (secondary N) is 1. The second kappa shape index (κ2) is 14.5. The average molecular weight is 562 g/mol. The first-order valence-electron chi connectivity index (χ1n) is 13.6. The summed E-state index contributed by atoms with van der Waals surface area (Å²) < 4.78 is 26.2. The van der Waals surface area contributed by atoms with Crippen molar-refractivity contribution in [1.82, 2.24) is 10.2 Å². The molecule has 0 bridgehead atoms. The smallest absolute Gasteiger partial charge is 0.243 e. The molecule has 2 amide bonds. The third-order valence-electron chi connectivity index (χ3n) is 7.07. The number of benzene rings is 2. The lowest BCUT2D eigenvalue weighted by Crippen LogP contribution is -2.52. The highest BCUT2D eigenvalue weighted by Crippen LogP contribution is 2.23. The molecule has 1 saturated carbocycles. The van der Waals surface area contributed by atoms with Crippen molar-refractivity contribution >= 4 is 39.1 Å². The van der Waals surface area contributed by atoms with E-state index in [1.54, 1.807) is 29.2 Å². The van der Waals surface area contributed by atoms with Crippen molar-refractivity contribution in [2.45, 2.75) is 76.8 Å². The maximum absolute atomic E-state index is 13.5. The van der Waals surface area contributed by atoms with Gasteiger partial charge < -0.3 is 10.2 Å². The molecular weight excluding hydrogens is 522 g/mol. The van der Waals surface area contributed by atoms with Gasteiger partial charge in [-0.05, 0) is 55.9 Å². The molecule has 0 saturated heterocycles. The maximum Gasteiger partial charge on any atom is 0.243 e. The summed E-state index contributed by atoms with van der Waals surface area (Å²) in [6.07, 6.45) is 8.12. The number of hydrogen-bond acceptors (Lipinski definition) is 4. The van der Waals surface area contributed by atoms with Crippen LogP contribution in [0.3, 0.4) is 0 Å². The summed E-state index contributed by atoms with van der Waals surface area (Å²) in [6.45, 7) is 2.49. The number of anilines is 1. The minimum Gasteiger partial charge on any atom is -0.352 e. The van der Waals surface area contributed by atoms with Gasteiger partial charge in [-0.15, -0.1) is 0 Å². The molecule has 3 rings (SSSR count). The summed E-state index contributed by atoms with van der Waals surface area (Å²) in [5.41, 5.74) is 1.56. The van der Waals surface area contributed by atoms with Gasteiger partial charge in [-0.3, -0.25) is 13.9 Å². The molecule has 208 valence electrons. The van der Waals surface area contributed by atoms with E-state index in [4.69, 9.17) is 11.6 Å². The number of sulfonamides is 1. The monoisotopic (exact) mass is 561 g/mol.